The molecule has 0 aliphatic carbocycles. The Labute approximate surface area is 126 Å². The Balaban J connectivity index is 2.37. The molecular formula is C10H14BrN3O4S2. The van der Waals surface area contributed by atoms with Gasteiger partial charge in [0.15, 0.2) is 9.84 Å². The van der Waals surface area contributed by atoms with Crippen LogP contribution < -0.4 is 5.73 Å². The molecule has 0 spiro atoms. The third-order valence-corrected chi connectivity index (χ3v) is 7.06. The summed E-state index contributed by atoms with van der Waals surface area (Å²) in [4.78, 5) is 3.69. The van der Waals surface area contributed by atoms with Crippen molar-refractivity contribution in [2.75, 3.05) is 30.3 Å². The van der Waals surface area contributed by atoms with Gasteiger partial charge in [-0.3, -0.25) is 0 Å². The number of anilines is 1. The smallest absolute Gasteiger partial charge is 0.246 e. The van der Waals surface area contributed by atoms with Gasteiger partial charge in [-0.05, 0) is 28.4 Å². The minimum absolute atomic E-state index is 0.00519. The molecule has 0 saturated carbocycles. The molecule has 2 heterocycles. The van der Waals surface area contributed by atoms with Crippen LogP contribution in [0.3, 0.4) is 0 Å². The molecular weight excluding hydrogens is 370 g/mol. The number of aromatic nitrogens is 1. The van der Waals surface area contributed by atoms with Crippen LogP contribution in [0, 0.1) is 0 Å². The molecule has 1 saturated heterocycles. The first-order chi connectivity index (χ1) is 9.22. The highest BCUT2D eigenvalue weighted by Crippen LogP contribution is 2.25. The van der Waals surface area contributed by atoms with Gasteiger partial charge in [0, 0.05) is 23.8 Å². The van der Waals surface area contributed by atoms with E-state index in [-0.39, 0.29) is 41.7 Å². The predicted octanol–water partition coefficient (Wildman–Crippen LogP) is 0.236. The molecule has 0 bridgehead atoms. The summed E-state index contributed by atoms with van der Waals surface area (Å²) in [5, 5.41) is 0. The minimum Gasteiger partial charge on any atom is -0.383 e. The number of nitrogen functional groups attached to an aromatic ring is 1. The minimum atomic E-state index is -3.84. The molecule has 1 aromatic rings. The maximum absolute atomic E-state index is 12.5. The van der Waals surface area contributed by atoms with Crippen molar-refractivity contribution >= 4 is 41.6 Å². The average molecular weight is 384 g/mol. The molecule has 2 rings (SSSR count). The fourth-order valence-corrected chi connectivity index (χ4v) is 5.38. The number of rotatable bonds is 2. The maximum Gasteiger partial charge on any atom is 0.246 e. The molecule has 2 N–H and O–H groups in total. The molecule has 0 atom stereocenters. The van der Waals surface area contributed by atoms with E-state index in [1.807, 2.05) is 0 Å². The molecule has 0 unspecified atom stereocenters. The molecule has 0 amide bonds. The zero-order chi connectivity index (χ0) is 15.0. The van der Waals surface area contributed by atoms with Crippen LogP contribution in [-0.2, 0) is 19.9 Å². The Morgan fingerprint density at radius 2 is 2.00 bits per heavy atom. The summed E-state index contributed by atoms with van der Waals surface area (Å²) in [6.07, 6.45) is 1.68. The van der Waals surface area contributed by atoms with Gasteiger partial charge < -0.3 is 5.73 Å². The summed E-state index contributed by atoms with van der Waals surface area (Å²) in [5.41, 5.74) is 5.62. The lowest BCUT2D eigenvalue weighted by atomic mass is 10.5. The van der Waals surface area contributed by atoms with Crippen LogP contribution in [0.2, 0.25) is 0 Å². The van der Waals surface area contributed by atoms with E-state index in [2.05, 4.69) is 20.9 Å². The largest absolute Gasteiger partial charge is 0.383 e. The van der Waals surface area contributed by atoms with Crippen LogP contribution in [0.15, 0.2) is 21.6 Å². The number of sulfonamides is 1. The summed E-state index contributed by atoms with van der Waals surface area (Å²) in [5.74, 6) is -0.265. The number of halogens is 1. The van der Waals surface area contributed by atoms with Crippen LogP contribution >= 0.6 is 15.9 Å². The first-order valence-electron chi connectivity index (χ1n) is 5.84. The standard InChI is InChI=1S/C10H14BrN3O4S2/c11-8-6-9(10(12)13-7-8)20(17,18)14-2-1-4-19(15,16)5-3-14/h6-7H,1-5H2,(H2,12,13). The lowest BCUT2D eigenvalue weighted by Gasteiger charge is -2.20. The van der Waals surface area contributed by atoms with Crippen molar-refractivity contribution in [1.29, 1.82) is 0 Å². The van der Waals surface area contributed by atoms with Crippen LogP contribution in [0.5, 0.6) is 0 Å². The fraction of sp³-hybridized carbons (Fsp3) is 0.500. The van der Waals surface area contributed by atoms with Crippen molar-refractivity contribution in [3.63, 3.8) is 0 Å². The van der Waals surface area contributed by atoms with Gasteiger partial charge in [-0.15, -0.1) is 0 Å². The monoisotopic (exact) mass is 383 g/mol. The Bertz CT molecular complexity index is 718. The third kappa shape index (κ3) is 3.30. The molecule has 1 aromatic heterocycles. The molecule has 1 aliphatic heterocycles. The van der Waals surface area contributed by atoms with E-state index in [4.69, 9.17) is 5.73 Å². The van der Waals surface area contributed by atoms with E-state index in [9.17, 15) is 16.8 Å². The van der Waals surface area contributed by atoms with Gasteiger partial charge >= 0.3 is 0 Å². The van der Waals surface area contributed by atoms with Gasteiger partial charge in [-0.1, -0.05) is 0 Å². The molecule has 0 aromatic carbocycles. The third-order valence-electron chi connectivity index (χ3n) is 2.98. The summed E-state index contributed by atoms with van der Waals surface area (Å²) in [6.45, 7) is 0.101. The quantitative estimate of drug-likeness (QED) is 0.782. The molecule has 10 heteroatoms. The predicted molar refractivity (Wildman–Crippen MR) is 78.4 cm³/mol. The summed E-state index contributed by atoms with van der Waals surface area (Å²) >= 11 is 3.15. The zero-order valence-corrected chi connectivity index (χ0v) is 13.7. The lowest BCUT2D eigenvalue weighted by Crippen LogP contribution is -2.34. The number of pyridine rings is 1. The molecule has 1 aliphatic rings. The van der Waals surface area contributed by atoms with Gasteiger partial charge in [0.25, 0.3) is 0 Å². The van der Waals surface area contributed by atoms with Gasteiger partial charge in [0.2, 0.25) is 10.0 Å². The van der Waals surface area contributed by atoms with Crippen LogP contribution in [0.1, 0.15) is 6.42 Å². The van der Waals surface area contributed by atoms with Crippen LogP contribution in [0.25, 0.3) is 0 Å². The zero-order valence-electron chi connectivity index (χ0n) is 10.5. The summed E-state index contributed by atoms with van der Waals surface area (Å²) in [7, 11) is -7.01. The van der Waals surface area contributed by atoms with E-state index < -0.39 is 19.9 Å². The Kier molecular flexibility index (Phi) is 4.38. The number of nitrogens with two attached hydrogens (primary N) is 1. The summed E-state index contributed by atoms with van der Waals surface area (Å²) < 4.78 is 49.7. The molecule has 112 valence electrons. The highest BCUT2D eigenvalue weighted by atomic mass is 79.9. The summed E-state index contributed by atoms with van der Waals surface area (Å²) in [6, 6.07) is 1.37. The Morgan fingerprint density at radius 3 is 2.70 bits per heavy atom. The Morgan fingerprint density at radius 1 is 1.30 bits per heavy atom. The van der Waals surface area contributed by atoms with E-state index in [1.54, 1.807) is 0 Å². The number of hydrogen-bond donors (Lipinski definition) is 1. The van der Waals surface area contributed by atoms with Crippen molar-refractivity contribution in [3.05, 3.63) is 16.7 Å². The van der Waals surface area contributed by atoms with Gasteiger partial charge in [0.05, 0.1) is 11.5 Å². The second kappa shape index (κ2) is 5.58. The van der Waals surface area contributed by atoms with Crippen molar-refractivity contribution in [2.45, 2.75) is 11.3 Å². The second-order valence-corrected chi connectivity index (χ2v) is 9.57. The van der Waals surface area contributed by atoms with Crippen molar-refractivity contribution in [2.24, 2.45) is 0 Å². The lowest BCUT2D eigenvalue weighted by molar-refractivity contribution is 0.435. The normalized spacial score (nSPS) is 20.4. The highest BCUT2D eigenvalue weighted by Gasteiger charge is 2.30. The topological polar surface area (TPSA) is 110 Å². The molecule has 1 fully saturated rings. The van der Waals surface area contributed by atoms with Crippen molar-refractivity contribution < 1.29 is 16.8 Å². The Hall–Kier alpha value is -0.710. The van der Waals surface area contributed by atoms with Crippen molar-refractivity contribution in [3.8, 4) is 0 Å². The van der Waals surface area contributed by atoms with Crippen molar-refractivity contribution in [1.82, 2.24) is 9.29 Å². The number of hydrogen-bond acceptors (Lipinski definition) is 6. The van der Waals surface area contributed by atoms with Gasteiger partial charge in [-0.25, -0.2) is 21.8 Å². The number of nitrogens with zero attached hydrogens (tertiary/aromatic N) is 2. The average Bonchev–Trinajstić information content (AvgIpc) is 2.53. The first-order valence-corrected chi connectivity index (χ1v) is 9.89. The van der Waals surface area contributed by atoms with E-state index >= 15 is 0 Å². The highest BCUT2D eigenvalue weighted by molar-refractivity contribution is 9.10. The van der Waals surface area contributed by atoms with Gasteiger partial charge in [0.1, 0.15) is 10.7 Å². The van der Waals surface area contributed by atoms with Crippen LogP contribution in [0.4, 0.5) is 5.82 Å². The van der Waals surface area contributed by atoms with Gasteiger partial charge in [-0.2, -0.15) is 4.31 Å². The number of sulfone groups is 1. The van der Waals surface area contributed by atoms with E-state index in [0.717, 1.165) is 4.31 Å². The van der Waals surface area contributed by atoms with E-state index in [0.29, 0.717) is 4.47 Å². The second-order valence-electron chi connectivity index (χ2n) is 4.45. The SMILES string of the molecule is Nc1ncc(Br)cc1S(=O)(=O)N1CCCS(=O)(=O)CC1. The van der Waals surface area contributed by atoms with E-state index in [1.165, 1.54) is 12.3 Å². The van der Waals surface area contributed by atoms with Crippen LogP contribution in [-0.4, -0.2) is 50.7 Å². The molecule has 0 radical (unpaired) electrons. The first kappa shape index (κ1) is 15.7. The molecule has 7 nitrogen and oxygen atoms in total. The fourth-order valence-electron chi connectivity index (χ4n) is 1.93. The molecule has 20 heavy (non-hydrogen) atoms. The maximum atomic E-state index is 12.5.